The van der Waals surface area contributed by atoms with Crippen LogP contribution in [-0.2, 0) is 19.1 Å². The number of benzene rings is 1. The van der Waals surface area contributed by atoms with Gasteiger partial charge in [0.15, 0.2) is 6.29 Å². The molecule has 0 saturated carbocycles. The summed E-state index contributed by atoms with van der Waals surface area (Å²) in [4.78, 5) is 41.4. The first-order valence-electron chi connectivity index (χ1n) is 11.3. The molecule has 33 heavy (non-hydrogen) atoms. The van der Waals surface area contributed by atoms with Gasteiger partial charge in [0.05, 0.1) is 6.04 Å². The van der Waals surface area contributed by atoms with E-state index in [1.54, 1.807) is 6.07 Å². The molecule has 0 spiro atoms. The van der Waals surface area contributed by atoms with E-state index in [1.165, 1.54) is 14.2 Å². The van der Waals surface area contributed by atoms with E-state index < -0.39 is 18.4 Å². The van der Waals surface area contributed by atoms with Gasteiger partial charge in [-0.05, 0) is 37.3 Å². The van der Waals surface area contributed by atoms with Gasteiger partial charge in [-0.1, -0.05) is 32.0 Å². The second kappa shape index (κ2) is 11.3. The van der Waals surface area contributed by atoms with E-state index in [0.717, 1.165) is 10.9 Å². The van der Waals surface area contributed by atoms with Gasteiger partial charge in [-0.3, -0.25) is 14.4 Å². The highest BCUT2D eigenvalue weighted by Gasteiger charge is 2.34. The quantitative estimate of drug-likeness (QED) is 0.384. The van der Waals surface area contributed by atoms with Gasteiger partial charge in [-0.2, -0.15) is 0 Å². The molecule has 1 aliphatic heterocycles. The molecule has 1 aromatic carbocycles. The minimum atomic E-state index is -0.752. The summed E-state index contributed by atoms with van der Waals surface area (Å²) in [6.45, 7) is 4.59. The van der Waals surface area contributed by atoms with Crippen molar-refractivity contribution in [2.24, 2.45) is 11.8 Å². The topological polar surface area (TPSA) is 122 Å². The summed E-state index contributed by atoms with van der Waals surface area (Å²) in [5.41, 5.74) is 1.24. The van der Waals surface area contributed by atoms with Crippen LogP contribution in [0.25, 0.3) is 10.9 Å². The number of aromatic amines is 1. The lowest BCUT2D eigenvalue weighted by Crippen LogP contribution is -2.54. The fourth-order valence-electron chi connectivity index (χ4n) is 4.26. The number of H-pyrrole nitrogens is 1. The number of carbonyl (C=O) groups excluding carboxylic acids is 3. The normalized spacial score (nSPS) is 17.9. The highest BCUT2D eigenvalue weighted by Crippen LogP contribution is 2.20. The maximum atomic E-state index is 13.3. The molecule has 1 fully saturated rings. The lowest BCUT2D eigenvalue weighted by atomic mass is 9.96. The van der Waals surface area contributed by atoms with E-state index >= 15 is 0 Å². The molecule has 180 valence electrons. The maximum Gasteiger partial charge on any atom is 0.268 e. The van der Waals surface area contributed by atoms with E-state index in [-0.39, 0.29) is 29.6 Å². The Labute approximate surface area is 194 Å². The fourth-order valence-corrected chi connectivity index (χ4v) is 4.26. The Morgan fingerprint density at radius 3 is 2.48 bits per heavy atom. The van der Waals surface area contributed by atoms with Crippen molar-refractivity contribution in [1.82, 2.24) is 20.9 Å². The average Bonchev–Trinajstić information content (AvgIpc) is 3.39. The smallest absolute Gasteiger partial charge is 0.268 e. The number of nitrogens with one attached hydrogen (secondary N) is 4. The summed E-state index contributed by atoms with van der Waals surface area (Å²) in [5, 5.41) is 9.56. The summed E-state index contributed by atoms with van der Waals surface area (Å²) in [6.07, 6.45) is 0.817. The molecular weight excluding hydrogens is 424 g/mol. The van der Waals surface area contributed by atoms with Crippen LogP contribution in [0.3, 0.4) is 0 Å². The first-order valence-corrected chi connectivity index (χ1v) is 11.3. The van der Waals surface area contributed by atoms with Crippen LogP contribution in [0, 0.1) is 11.8 Å². The second-order valence-corrected chi connectivity index (χ2v) is 8.89. The predicted octanol–water partition coefficient (Wildman–Crippen LogP) is 1.94. The summed E-state index contributed by atoms with van der Waals surface area (Å²) in [6, 6.07) is 8.08. The minimum absolute atomic E-state index is 0.0361. The van der Waals surface area contributed by atoms with Crippen LogP contribution in [0.2, 0.25) is 0 Å². The molecule has 3 rings (SSSR count). The number of rotatable bonds is 11. The number of amides is 3. The van der Waals surface area contributed by atoms with E-state index in [1.807, 2.05) is 38.1 Å². The van der Waals surface area contributed by atoms with Crippen LogP contribution in [0.5, 0.6) is 0 Å². The van der Waals surface area contributed by atoms with Crippen LogP contribution in [0.15, 0.2) is 30.3 Å². The third-order valence-electron chi connectivity index (χ3n) is 5.93. The largest absolute Gasteiger partial charge is 0.356 e. The molecule has 4 N–H and O–H groups in total. The SMILES string of the molecule is COC(OC)[C@H](C[C@@H]1CCNC1=O)NC(=O)[C@H](CC(C)C)NC(=O)c1cc2ccccc2[nH]1. The first-order chi connectivity index (χ1) is 15.8. The third kappa shape index (κ3) is 6.33. The lowest BCUT2D eigenvalue weighted by Gasteiger charge is -2.29. The zero-order valence-corrected chi connectivity index (χ0v) is 19.6. The van der Waals surface area contributed by atoms with Gasteiger partial charge in [0.2, 0.25) is 11.8 Å². The Morgan fingerprint density at radius 1 is 1.15 bits per heavy atom. The zero-order valence-electron chi connectivity index (χ0n) is 19.6. The highest BCUT2D eigenvalue weighted by molar-refractivity contribution is 6.00. The molecule has 1 aliphatic rings. The van der Waals surface area contributed by atoms with E-state index in [9.17, 15) is 14.4 Å². The van der Waals surface area contributed by atoms with Crippen LogP contribution in [0.4, 0.5) is 0 Å². The van der Waals surface area contributed by atoms with Crippen molar-refractivity contribution < 1.29 is 23.9 Å². The Hall–Kier alpha value is -2.91. The van der Waals surface area contributed by atoms with Gasteiger partial charge in [0.1, 0.15) is 11.7 Å². The van der Waals surface area contributed by atoms with E-state index in [4.69, 9.17) is 9.47 Å². The van der Waals surface area contributed by atoms with Crippen LogP contribution in [0.1, 0.15) is 43.6 Å². The summed E-state index contributed by atoms with van der Waals surface area (Å²) >= 11 is 0. The third-order valence-corrected chi connectivity index (χ3v) is 5.93. The van der Waals surface area contributed by atoms with Crippen molar-refractivity contribution in [2.45, 2.75) is 51.5 Å². The van der Waals surface area contributed by atoms with Crippen molar-refractivity contribution in [2.75, 3.05) is 20.8 Å². The molecule has 1 aromatic heterocycles. The number of fused-ring (bicyclic) bond motifs is 1. The van der Waals surface area contributed by atoms with Gasteiger partial charge in [0.25, 0.3) is 5.91 Å². The molecule has 2 heterocycles. The highest BCUT2D eigenvalue weighted by atomic mass is 16.7. The van der Waals surface area contributed by atoms with Gasteiger partial charge in [-0.25, -0.2) is 0 Å². The Bertz CT molecular complexity index is 936. The monoisotopic (exact) mass is 458 g/mol. The van der Waals surface area contributed by atoms with Gasteiger partial charge < -0.3 is 30.4 Å². The molecule has 0 aliphatic carbocycles. The molecule has 1 saturated heterocycles. The minimum Gasteiger partial charge on any atom is -0.356 e. The van der Waals surface area contributed by atoms with Crippen molar-refractivity contribution in [3.8, 4) is 0 Å². The Kier molecular flexibility index (Phi) is 8.46. The summed E-state index contributed by atoms with van der Waals surface area (Å²) in [5.74, 6) is -0.786. The number of hydrogen-bond donors (Lipinski definition) is 4. The second-order valence-electron chi connectivity index (χ2n) is 8.89. The molecule has 0 unspecified atom stereocenters. The zero-order chi connectivity index (χ0) is 24.0. The molecule has 2 aromatic rings. The van der Waals surface area contributed by atoms with Crippen LogP contribution in [-0.4, -0.2) is 61.8 Å². The maximum absolute atomic E-state index is 13.3. The van der Waals surface area contributed by atoms with Crippen LogP contribution < -0.4 is 16.0 Å². The number of aromatic nitrogens is 1. The molecule has 0 bridgehead atoms. The average molecular weight is 459 g/mol. The Morgan fingerprint density at radius 2 is 1.88 bits per heavy atom. The first kappa shape index (κ1) is 24.7. The van der Waals surface area contributed by atoms with Gasteiger partial charge in [-0.15, -0.1) is 0 Å². The number of para-hydroxylation sites is 1. The Balaban J connectivity index is 1.74. The lowest BCUT2D eigenvalue weighted by molar-refractivity contribution is -0.142. The van der Waals surface area contributed by atoms with Crippen molar-refractivity contribution >= 4 is 28.6 Å². The van der Waals surface area contributed by atoms with Crippen molar-refractivity contribution in [1.29, 1.82) is 0 Å². The molecule has 9 nitrogen and oxygen atoms in total. The molecule has 3 amide bonds. The van der Waals surface area contributed by atoms with Crippen molar-refractivity contribution in [3.05, 3.63) is 36.0 Å². The van der Waals surface area contributed by atoms with Gasteiger partial charge >= 0.3 is 0 Å². The summed E-state index contributed by atoms with van der Waals surface area (Å²) < 4.78 is 10.8. The van der Waals surface area contributed by atoms with E-state index in [0.29, 0.717) is 31.5 Å². The van der Waals surface area contributed by atoms with Gasteiger partial charge in [0, 0.05) is 37.6 Å². The van der Waals surface area contributed by atoms with Crippen LogP contribution >= 0.6 is 0 Å². The fraction of sp³-hybridized carbons (Fsp3) is 0.542. The molecule has 9 heteroatoms. The molecule has 0 radical (unpaired) electrons. The number of methoxy groups -OCH3 is 2. The van der Waals surface area contributed by atoms with E-state index in [2.05, 4.69) is 20.9 Å². The number of ether oxygens (including phenoxy) is 2. The predicted molar refractivity (Wildman–Crippen MR) is 124 cm³/mol. The standard InChI is InChI=1S/C24H34N4O5/c1-14(2)11-18(27-23(31)19-12-15-7-5-6-8-17(15)26-19)22(30)28-20(24(32-3)33-4)13-16-9-10-25-21(16)29/h5-8,12,14,16,18,20,24,26H,9-11,13H2,1-4H3,(H,25,29)(H,27,31)(H,28,30)/t16-,18-,20-/m0/s1. The molecular formula is C24H34N4O5. The molecule has 3 atom stereocenters. The number of carbonyl (C=O) groups is 3. The summed E-state index contributed by atoms with van der Waals surface area (Å²) in [7, 11) is 2.98. The van der Waals surface area contributed by atoms with Crippen molar-refractivity contribution in [3.63, 3.8) is 0 Å². The number of hydrogen-bond acceptors (Lipinski definition) is 5.